The maximum Gasteiger partial charge on any atom is 0.245 e. The van der Waals surface area contributed by atoms with Gasteiger partial charge in [-0.25, -0.2) is 0 Å². The molecular weight excluding hydrogens is 228 g/mol. The van der Waals surface area contributed by atoms with E-state index in [-0.39, 0.29) is 30.4 Å². The standard InChI is InChI=1S/C14H24N2O2/c1-3-5-12-14(18)16(9-13(17)15-12)11-7-4-6-10(2)8-11/h10-12H,3-9H2,1-2H3,(H,15,17). The molecule has 18 heavy (non-hydrogen) atoms. The zero-order valence-corrected chi connectivity index (χ0v) is 11.4. The Morgan fingerprint density at radius 3 is 2.78 bits per heavy atom. The van der Waals surface area contributed by atoms with E-state index < -0.39 is 0 Å². The van der Waals surface area contributed by atoms with Gasteiger partial charge in [0.2, 0.25) is 11.8 Å². The van der Waals surface area contributed by atoms with Crippen LogP contribution in [0.3, 0.4) is 0 Å². The fourth-order valence-corrected chi connectivity index (χ4v) is 3.21. The van der Waals surface area contributed by atoms with Crippen LogP contribution in [0.5, 0.6) is 0 Å². The highest BCUT2D eigenvalue weighted by molar-refractivity contribution is 5.95. The maximum atomic E-state index is 12.4. The molecule has 102 valence electrons. The van der Waals surface area contributed by atoms with Gasteiger partial charge >= 0.3 is 0 Å². The van der Waals surface area contributed by atoms with E-state index in [0.29, 0.717) is 5.92 Å². The van der Waals surface area contributed by atoms with E-state index in [1.807, 2.05) is 11.8 Å². The van der Waals surface area contributed by atoms with Crippen LogP contribution in [0.1, 0.15) is 52.4 Å². The highest BCUT2D eigenvalue weighted by Crippen LogP contribution is 2.28. The molecule has 1 aliphatic heterocycles. The van der Waals surface area contributed by atoms with Crippen LogP contribution in [-0.2, 0) is 9.59 Å². The normalized spacial score (nSPS) is 33.4. The molecule has 0 aromatic carbocycles. The van der Waals surface area contributed by atoms with Gasteiger partial charge in [0, 0.05) is 6.04 Å². The monoisotopic (exact) mass is 252 g/mol. The van der Waals surface area contributed by atoms with E-state index in [0.717, 1.165) is 25.7 Å². The van der Waals surface area contributed by atoms with Gasteiger partial charge in [0.25, 0.3) is 0 Å². The molecule has 1 saturated heterocycles. The third kappa shape index (κ3) is 2.85. The summed E-state index contributed by atoms with van der Waals surface area (Å²) >= 11 is 0. The first kappa shape index (κ1) is 13.4. The first-order chi connectivity index (χ1) is 8.61. The Labute approximate surface area is 109 Å². The van der Waals surface area contributed by atoms with Crippen LogP contribution in [0.4, 0.5) is 0 Å². The zero-order chi connectivity index (χ0) is 13.1. The molecule has 4 heteroatoms. The summed E-state index contributed by atoms with van der Waals surface area (Å²) in [5.41, 5.74) is 0. The van der Waals surface area contributed by atoms with Crippen molar-refractivity contribution in [1.82, 2.24) is 10.2 Å². The van der Waals surface area contributed by atoms with Gasteiger partial charge in [-0.15, -0.1) is 0 Å². The average Bonchev–Trinajstić information content (AvgIpc) is 2.33. The van der Waals surface area contributed by atoms with Crippen LogP contribution in [0.25, 0.3) is 0 Å². The molecule has 0 spiro atoms. The number of amides is 2. The molecular formula is C14H24N2O2. The molecule has 2 amide bonds. The van der Waals surface area contributed by atoms with Crippen molar-refractivity contribution in [1.29, 1.82) is 0 Å². The predicted octanol–water partition coefficient (Wildman–Crippen LogP) is 1.69. The molecule has 2 aliphatic rings. The lowest BCUT2D eigenvalue weighted by molar-refractivity contribution is -0.147. The van der Waals surface area contributed by atoms with Crippen molar-refractivity contribution in [3.63, 3.8) is 0 Å². The number of carbonyl (C=O) groups excluding carboxylic acids is 2. The number of nitrogens with one attached hydrogen (secondary N) is 1. The van der Waals surface area contributed by atoms with Crippen molar-refractivity contribution in [3.05, 3.63) is 0 Å². The molecule has 1 saturated carbocycles. The lowest BCUT2D eigenvalue weighted by atomic mass is 9.85. The second kappa shape index (κ2) is 5.72. The molecule has 3 atom stereocenters. The molecule has 3 unspecified atom stereocenters. The second-order valence-electron chi connectivity index (χ2n) is 5.80. The van der Waals surface area contributed by atoms with Crippen LogP contribution in [0, 0.1) is 5.92 Å². The summed E-state index contributed by atoms with van der Waals surface area (Å²) in [7, 11) is 0. The molecule has 2 fully saturated rings. The summed E-state index contributed by atoms with van der Waals surface area (Å²) in [6, 6.07) is 0.000128. The third-order valence-corrected chi connectivity index (χ3v) is 4.16. The van der Waals surface area contributed by atoms with Gasteiger partial charge in [-0.1, -0.05) is 33.1 Å². The molecule has 0 aromatic rings. The van der Waals surface area contributed by atoms with Gasteiger partial charge < -0.3 is 10.2 Å². The Balaban J connectivity index is 2.05. The van der Waals surface area contributed by atoms with E-state index in [9.17, 15) is 9.59 Å². The van der Waals surface area contributed by atoms with Crippen molar-refractivity contribution in [2.45, 2.75) is 64.5 Å². The minimum absolute atomic E-state index is 0.00581. The number of carbonyl (C=O) groups is 2. The number of nitrogens with zero attached hydrogens (tertiary/aromatic N) is 1. The van der Waals surface area contributed by atoms with E-state index in [1.54, 1.807) is 0 Å². The van der Waals surface area contributed by atoms with Gasteiger partial charge in [-0.05, 0) is 25.2 Å². The predicted molar refractivity (Wildman–Crippen MR) is 70.0 cm³/mol. The molecule has 0 radical (unpaired) electrons. The van der Waals surface area contributed by atoms with E-state index in [2.05, 4.69) is 12.2 Å². The van der Waals surface area contributed by atoms with Crippen molar-refractivity contribution < 1.29 is 9.59 Å². The number of hydrogen-bond donors (Lipinski definition) is 1. The lowest BCUT2D eigenvalue weighted by Crippen LogP contribution is -2.61. The van der Waals surface area contributed by atoms with E-state index in [1.165, 1.54) is 12.8 Å². The SMILES string of the molecule is CCCC1NC(=O)CN(C2CCCC(C)C2)C1=O. The summed E-state index contributed by atoms with van der Waals surface area (Å²) in [6.07, 6.45) is 6.22. The van der Waals surface area contributed by atoms with Gasteiger partial charge in [-0.2, -0.15) is 0 Å². The molecule has 2 rings (SSSR count). The Kier molecular flexibility index (Phi) is 4.25. The highest BCUT2D eigenvalue weighted by atomic mass is 16.2. The summed E-state index contributed by atoms with van der Waals surface area (Å²) in [5.74, 6) is 0.813. The fraction of sp³-hybridized carbons (Fsp3) is 0.857. The topological polar surface area (TPSA) is 49.4 Å². The van der Waals surface area contributed by atoms with E-state index in [4.69, 9.17) is 0 Å². The second-order valence-corrected chi connectivity index (χ2v) is 5.80. The summed E-state index contributed by atoms with van der Waals surface area (Å²) in [5, 5.41) is 2.82. The molecule has 4 nitrogen and oxygen atoms in total. The van der Waals surface area contributed by atoms with Crippen molar-refractivity contribution in [2.75, 3.05) is 6.54 Å². The molecule has 1 heterocycles. The van der Waals surface area contributed by atoms with Crippen LogP contribution in [0.2, 0.25) is 0 Å². The largest absolute Gasteiger partial charge is 0.343 e. The first-order valence-corrected chi connectivity index (χ1v) is 7.21. The van der Waals surface area contributed by atoms with Gasteiger partial charge in [0.1, 0.15) is 6.04 Å². The summed E-state index contributed by atoms with van der Waals surface area (Å²) < 4.78 is 0. The molecule has 1 N–H and O–H groups in total. The van der Waals surface area contributed by atoms with Gasteiger partial charge in [-0.3, -0.25) is 9.59 Å². The first-order valence-electron chi connectivity index (χ1n) is 7.21. The minimum Gasteiger partial charge on any atom is -0.343 e. The summed E-state index contributed by atoms with van der Waals surface area (Å²) in [4.78, 5) is 25.9. The molecule has 0 aromatic heterocycles. The average molecular weight is 252 g/mol. The third-order valence-electron chi connectivity index (χ3n) is 4.16. The van der Waals surface area contributed by atoms with Crippen LogP contribution in [0.15, 0.2) is 0 Å². The Morgan fingerprint density at radius 1 is 1.33 bits per heavy atom. The minimum atomic E-state index is -0.284. The van der Waals surface area contributed by atoms with Crippen LogP contribution < -0.4 is 5.32 Å². The molecule has 1 aliphatic carbocycles. The highest BCUT2D eigenvalue weighted by Gasteiger charge is 2.37. The quantitative estimate of drug-likeness (QED) is 0.831. The van der Waals surface area contributed by atoms with Gasteiger partial charge in [0.05, 0.1) is 6.54 Å². The molecule has 0 bridgehead atoms. The van der Waals surface area contributed by atoms with Crippen LogP contribution in [-0.4, -0.2) is 35.3 Å². The van der Waals surface area contributed by atoms with E-state index >= 15 is 0 Å². The fourth-order valence-electron chi connectivity index (χ4n) is 3.21. The van der Waals surface area contributed by atoms with Gasteiger partial charge in [0.15, 0.2) is 0 Å². The number of hydrogen-bond acceptors (Lipinski definition) is 2. The van der Waals surface area contributed by atoms with Crippen molar-refractivity contribution >= 4 is 11.8 Å². The number of piperazine rings is 1. The summed E-state index contributed by atoms with van der Waals surface area (Å²) in [6.45, 7) is 4.54. The van der Waals surface area contributed by atoms with Crippen LogP contribution >= 0.6 is 0 Å². The lowest BCUT2D eigenvalue weighted by Gasteiger charge is -2.41. The van der Waals surface area contributed by atoms with Crippen molar-refractivity contribution in [3.8, 4) is 0 Å². The number of rotatable bonds is 3. The Bertz CT molecular complexity index is 330. The Hall–Kier alpha value is -1.06. The van der Waals surface area contributed by atoms with Crippen molar-refractivity contribution in [2.24, 2.45) is 5.92 Å². The maximum absolute atomic E-state index is 12.4. The zero-order valence-electron chi connectivity index (χ0n) is 11.4. The smallest absolute Gasteiger partial charge is 0.245 e. The Morgan fingerprint density at radius 2 is 2.11 bits per heavy atom.